The van der Waals surface area contributed by atoms with Crippen molar-refractivity contribution in [3.63, 3.8) is 0 Å². The predicted octanol–water partition coefficient (Wildman–Crippen LogP) is 2.45. The Morgan fingerprint density at radius 3 is 2.68 bits per heavy atom. The van der Waals surface area contributed by atoms with Crippen LogP contribution in [0.5, 0.6) is 0 Å². The fourth-order valence-corrected chi connectivity index (χ4v) is 1.60. The highest BCUT2D eigenvalue weighted by Crippen LogP contribution is 2.18. The van der Waals surface area contributed by atoms with E-state index in [9.17, 15) is 5.11 Å². The van der Waals surface area contributed by atoms with Crippen molar-refractivity contribution in [2.75, 3.05) is 18.5 Å². The van der Waals surface area contributed by atoms with Crippen molar-refractivity contribution < 1.29 is 9.84 Å². The van der Waals surface area contributed by atoms with Gasteiger partial charge in [-0.1, -0.05) is 12.1 Å². The van der Waals surface area contributed by atoms with Gasteiger partial charge in [0.2, 0.25) is 0 Å². The summed E-state index contributed by atoms with van der Waals surface area (Å²) in [4.78, 5) is 0. The second-order valence-electron chi connectivity index (χ2n) is 5.57. The molecule has 0 aliphatic carbocycles. The molecule has 0 spiro atoms. The molecule has 0 bridgehead atoms. The molecular weight excluding hydrogens is 240 g/mol. The third kappa shape index (κ3) is 5.29. The van der Waals surface area contributed by atoms with E-state index in [1.165, 1.54) is 0 Å². The van der Waals surface area contributed by atoms with Crippen molar-refractivity contribution in [3.8, 4) is 6.07 Å². The molecule has 1 aromatic rings. The van der Waals surface area contributed by atoms with E-state index in [0.717, 1.165) is 11.3 Å². The van der Waals surface area contributed by atoms with Gasteiger partial charge in [-0.25, -0.2) is 0 Å². The Hall–Kier alpha value is -1.57. The van der Waals surface area contributed by atoms with Crippen LogP contribution in [0.2, 0.25) is 0 Å². The average molecular weight is 262 g/mol. The van der Waals surface area contributed by atoms with Gasteiger partial charge in [0.15, 0.2) is 0 Å². The van der Waals surface area contributed by atoms with Gasteiger partial charge < -0.3 is 15.2 Å². The lowest BCUT2D eigenvalue weighted by Crippen LogP contribution is -2.30. The first-order valence-corrected chi connectivity index (χ1v) is 6.39. The summed E-state index contributed by atoms with van der Waals surface area (Å²) < 4.78 is 5.50. The van der Waals surface area contributed by atoms with Crippen molar-refractivity contribution in [1.29, 1.82) is 5.26 Å². The Morgan fingerprint density at radius 1 is 1.42 bits per heavy atom. The molecule has 1 aromatic carbocycles. The van der Waals surface area contributed by atoms with Gasteiger partial charge in [-0.3, -0.25) is 0 Å². The van der Waals surface area contributed by atoms with Crippen LogP contribution in [0.1, 0.15) is 31.9 Å². The minimum Gasteiger partial charge on any atom is -0.389 e. The summed E-state index contributed by atoms with van der Waals surface area (Å²) >= 11 is 0. The Balaban J connectivity index is 2.54. The number of nitrogens with one attached hydrogen (secondary N) is 1. The lowest BCUT2D eigenvalue weighted by Gasteiger charge is -2.22. The van der Waals surface area contributed by atoms with Crippen molar-refractivity contribution in [1.82, 2.24) is 0 Å². The van der Waals surface area contributed by atoms with E-state index in [2.05, 4.69) is 11.4 Å². The quantitative estimate of drug-likeness (QED) is 0.855. The van der Waals surface area contributed by atoms with Gasteiger partial charge >= 0.3 is 0 Å². The van der Waals surface area contributed by atoms with Crippen molar-refractivity contribution in [2.24, 2.45) is 0 Å². The van der Waals surface area contributed by atoms with E-state index in [0.29, 0.717) is 12.1 Å². The number of rotatable bonds is 5. The smallest absolute Gasteiger partial charge is 0.102 e. The zero-order chi connectivity index (χ0) is 14.5. The number of hydrogen-bond acceptors (Lipinski definition) is 4. The van der Waals surface area contributed by atoms with Gasteiger partial charge in [0.25, 0.3) is 0 Å². The van der Waals surface area contributed by atoms with Gasteiger partial charge in [0.05, 0.1) is 29.6 Å². The highest BCUT2D eigenvalue weighted by atomic mass is 16.5. The van der Waals surface area contributed by atoms with Crippen LogP contribution in [0.15, 0.2) is 18.2 Å². The fraction of sp³-hybridized carbons (Fsp3) is 0.533. The molecule has 2 N–H and O–H groups in total. The molecule has 0 amide bonds. The summed E-state index contributed by atoms with van der Waals surface area (Å²) in [7, 11) is 0. The maximum Gasteiger partial charge on any atom is 0.102 e. The monoisotopic (exact) mass is 262 g/mol. The maximum absolute atomic E-state index is 9.84. The van der Waals surface area contributed by atoms with Gasteiger partial charge in [-0.05, 0) is 39.3 Å². The Bertz CT molecular complexity index is 458. The predicted molar refractivity (Wildman–Crippen MR) is 76.1 cm³/mol. The number of aliphatic hydroxyl groups is 1. The number of nitrogens with zero attached hydrogens (tertiary/aromatic N) is 1. The number of nitriles is 1. The first kappa shape index (κ1) is 15.5. The molecule has 0 heterocycles. The van der Waals surface area contributed by atoms with Crippen LogP contribution in [-0.4, -0.2) is 30.0 Å². The summed E-state index contributed by atoms with van der Waals surface area (Å²) in [6.07, 6.45) is -0.605. The molecule has 0 aliphatic heterocycles. The summed E-state index contributed by atoms with van der Waals surface area (Å²) in [5, 5.41) is 22.0. The van der Waals surface area contributed by atoms with Crippen molar-refractivity contribution in [2.45, 2.75) is 39.4 Å². The van der Waals surface area contributed by atoms with Crippen LogP contribution in [0.3, 0.4) is 0 Å². The highest BCUT2D eigenvalue weighted by Gasteiger charge is 2.14. The molecule has 4 heteroatoms. The van der Waals surface area contributed by atoms with Gasteiger partial charge in [0.1, 0.15) is 6.07 Å². The first-order valence-electron chi connectivity index (χ1n) is 6.39. The first-order chi connectivity index (χ1) is 8.83. The molecule has 0 radical (unpaired) electrons. The van der Waals surface area contributed by atoms with Crippen LogP contribution in [0, 0.1) is 18.3 Å². The summed E-state index contributed by atoms with van der Waals surface area (Å²) in [6.45, 7) is 8.35. The molecule has 0 aliphatic rings. The minimum absolute atomic E-state index is 0.262. The van der Waals surface area contributed by atoms with Crippen LogP contribution in [0.25, 0.3) is 0 Å². The van der Waals surface area contributed by atoms with Crippen LogP contribution in [-0.2, 0) is 4.74 Å². The summed E-state index contributed by atoms with van der Waals surface area (Å²) in [5.74, 6) is 0. The molecule has 1 atom stereocenters. The molecule has 0 saturated carbocycles. The largest absolute Gasteiger partial charge is 0.389 e. The van der Waals surface area contributed by atoms with Crippen LogP contribution >= 0.6 is 0 Å². The number of anilines is 1. The number of benzene rings is 1. The molecule has 4 nitrogen and oxygen atoms in total. The maximum atomic E-state index is 9.84. The molecule has 19 heavy (non-hydrogen) atoms. The average Bonchev–Trinajstić information content (AvgIpc) is 2.33. The molecule has 0 saturated heterocycles. The Morgan fingerprint density at radius 2 is 2.11 bits per heavy atom. The Kier molecular flexibility index (Phi) is 5.34. The van der Waals surface area contributed by atoms with Gasteiger partial charge in [-0.15, -0.1) is 0 Å². The fourth-order valence-electron chi connectivity index (χ4n) is 1.60. The van der Waals surface area contributed by atoms with Crippen LogP contribution in [0.4, 0.5) is 5.69 Å². The standard InChI is InChI=1S/C15H22N2O2/c1-11-6-5-7-14(13(11)8-16)17-9-12(18)10-19-15(2,3)4/h5-7,12,17-18H,9-10H2,1-4H3. The van der Waals surface area contributed by atoms with Gasteiger partial charge in [-0.2, -0.15) is 5.26 Å². The lowest BCUT2D eigenvalue weighted by atomic mass is 10.1. The molecule has 104 valence electrons. The SMILES string of the molecule is Cc1cccc(NCC(O)COC(C)(C)C)c1C#N. The van der Waals surface area contributed by atoms with Crippen molar-refractivity contribution in [3.05, 3.63) is 29.3 Å². The number of ether oxygens (including phenoxy) is 1. The molecule has 1 unspecified atom stereocenters. The topological polar surface area (TPSA) is 65.3 Å². The minimum atomic E-state index is -0.605. The zero-order valence-electron chi connectivity index (χ0n) is 12.0. The van der Waals surface area contributed by atoms with Gasteiger partial charge in [0, 0.05) is 6.54 Å². The van der Waals surface area contributed by atoms with E-state index in [4.69, 9.17) is 10.00 Å². The molecule has 1 rings (SSSR count). The van der Waals surface area contributed by atoms with E-state index in [1.54, 1.807) is 0 Å². The van der Waals surface area contributed by atoms with E-state index in [-0.39, 0.29) is 12.2 Å². The highest BCUT2D eigenvalue weighted by molar-refractivity contribution is 5.60. The van der Waals surface area contributed by atoms with E-state index < -0.39 is 6.10 Å². The van der Waals surface area contributed by atoms with E-state index >= 15 is 0 Å². The number of aliphatic hydroxyl groups excluding tert-OH is 1. The molecular formula is C15H22N2O2. The molecule has 0 aromatic heterocycles. The second kappa shape index (κ2) is 6.55. The normalized spacial score (nSPS) is 12.8. The zero-order valence-corrected chi connectivity index (χ0v) is 12.0. The molecule has 0 fully saturated rings. The van der Waals surface area contributed by atoms with Crippen molar-refractivity contribution >= 4 is 5.69 Å². The second-order valence-corrected chi connectivity index (χ2v) is 5.57. The number of hydrogen-bond donors (Lipinski definition) is 2. The third-order valence-corrected chi connectivity index (χ3v) is 2.62. The number of aryl methyl sites for hydroxylation is 1. The summed E-state index contributed by atoms with van der Waals surface area (Å²) in [6, 6.07) is 7.78. The van der Waals surface area contributed by atoms with Crippen LogP contribution < -0.4 is 5.32 Å². The summed E-state index contributed by atoms with van der Waals surface area (Å²) in [5.41, 5.74) is 2.03. The lowest BCUT2D eigenvalue weighted by molar-refractivity contribution is -0.0449. The Labute approximate surface area is 115 Å². The third-order valence-electron chi connectivity index (χ3n) is 2.62. The van der Waals surface area contributed by atoms with E-state index in [1.807, 2.05) is 45.9 Å².